The summed E-state index contributed by atoms with van der Waals surface area (Å²) in [5.74, 6) is 0.968. The number of benzene rings is 2. The second kappa shape index (κ2) is 11.2. The molecule has 1 aliphatic heterocycles. The lowest BCUT2D eigenvalue weighted by atomic mass is 10.1. The number of hydrogen-bond acceptors (Lipinski definition) is 6. The van der Waals surface area contributed by atoms with E-state index in [9.17, 15) is 14.4 Å². The van der Waals surface area contributed by atoms with E-state index in [2.05, 4.69) is 10.6 Å². The first-order valence-corrected chi connectivity index (χ1v) is 10.8. The molecule has 0 radical (unpaired) electrons. The Morgan fingerprint density at radius 2 is 1.88 bits per heavy atom. The molecule has 1 atom stereocenters. The van der Waals surface area contributed by atoms with E-state index in [1.165, 1.54) is 7.11 Å². The van der Waals surface area contributed by atoms with E-state index in [1.54, 1.807) is 36.1 Å². The van der Waals surface area contributed by atoms with Gasteiger partial charge in [-0.1, -0.05) is 18.2 Å². The van der Waals surface area contributed by atoms with Crippen LogP contribution in [0.1, 0.15) is 25.8 Å². The summed E-state index contributed by atoms with van der Waals surface area (Å²) < 4.78 is 16.5. The minimum absolute atomic E-state index is 0.109. The number of anilines is 1. The van der Waals surface area contributed by atoms with Crippen molar-refractivity contribution in [1.29, 1.82) is 0 Å². The average Bonchev–Trinajstić information content (AvgIpc) is 2.82. The fourth-order valence-corrected chi connectivity index (χ4v) is 3.42. The monoisotopic (exact) mass is 455 g/mol. The fourth-order valence-electron chi connectivity index (χ4n) is 3.42. The topological polar surface area (TPSA) is 106 Å². The molecule has 2 N–H and O–H groups in total. The second-order valence-electron chi connectivity index (χ2n) is 7.47. The van der Waals surface area contributed by atoms with Gasteiger partial charge in [-0.15, -0.1) is 0 Å². The van der Waals surface area contributed by atoms with Crippen LogP contribution in [0.25, 0.3) is 0 Å². The lowest BCUT2D eigenvalue weighted by Gasteiger charge is -2.32. The van der Waals surface area contributed by atoms with Gasteiger partial charge in [0, 0.05) is 26.1 Å². The number of likely N-dealkylation sites (N-methyl/N-ethyl adjacent to an activating group) is 1. The van der Waals surface area contributed by atoms with Crippen molar-refractivity contribution >= 4 is 23.4 Å². The SMILES string of the molecule is CCNC(=O)COc1ccc(CNC(=O)CCN2C(=O)C(C)Oc3ccccc32)cc1OC. The Balaban J connectivity index is 1.53. The molecule has 1 unspecified atom stereocenters. The number of carbonyl (C=O) groups is 3. The fraction of sp³-hybridized carbons (Fsp3) is 0.375. The normalized spacial score (nSPS) is 14.7. The van der Waals surface area contributed by atoms with Gasteiger partial charge >= 0.3 is 0 Å². The van der Waals surface area contributed by atoms with Crippen molar-refractivity contribution in [2.45, 2.75) is 32.9 Å². The number of ether oxygens (including phenoxy) is 3. The van der Waals surface area contributed by atoms with Crippen molar-refractivity contribution in [1.82, 2.24) is 10.6 Å². The van der Waals surface area contributed by atoms with Crippen LogP contribution >= 0.6 is 0 Å². The highest BCUT2D eigenvalue weighted by atomic mass is 16.5. The molecule has 1 aliphatic rings. The number of rotatable bonds is 10. The second-order valence-corrected chi connectivity index (χ2v) is 7.47. The minimum atomic E-state index is -0.593. The first-order valence-electron chi connectivity index (χ1n) is 10.8. The zero-order valence-corrected chi connectivity index (χ0v) is 19.1. The van der Waals surface area contributed by atoms with Gasteiger partial charge in [-0.05, 0) is 43.7 Å². The lowest BCUT2D eigenvalue weighted by Crippen LogP contribution is -2.45. The third-order valence-electron chi connectivity index (χ3n) is 5.09. The molecule has 0 aromatic heterocycles. The maximum atomic E-state index is 12.5. The van der Waals surface area contributed by atoms with Crippen LogP contribution in [0.5, 0.6) is 17.2 Å². The molecule has 2 aromatic carbocycles. The molecule has 1 heterocycles. The summed E-state index contributed by atoms with van der Waals surface area (Å²) in [6, 6.07) is 12.5. The number of amides is 3. The maximum Gasteiger partial charge on any atom is 0.267 e. The highest BCUT2D eigenvalue weighted by Gasteiger charge is 2.31. The molecule has 3 amide bonds. The Labute approximate surface area is 193 Å². The van der Waals surface area contributed by atoms with Gasteiger partial charge < -0.3 is 29.7 Å². The van der Waals surface area contributed by atoms with Gasteiger partial charge in [0.1, 0.15) is 5.75 Å². The number of fused-ring (bicyclic) bond motifs is 1. The van der Waals surface area contributed by atoms with Gasteiger partial charge in [0.15, 0.2) is 24.2 Å². The van der Waals surface area contributed by atoms with Crippen LogP contribution in [0.4, 0.5) is 5.69 Å². The van der Waals surface area contributed by atoms with Gasteiger partial charge in [-0.2, -0.15) is 0 Å². The standard InChI is InChI=1S/C24H29N3O6/c1-4-25-23(29)15-32-20-10-9-17(13-21(20)31-3)14-26-22(28)11-12-27-18-7-5-6-8-19(18)33-16(2)24(27)30/h5-10,13,16H,4,11-12,14-15H2,1-3H3,(H,25,29)(H,26,28). The quantitative estimate of drug-likeness (QED) is 0.568. The minimum Gasteiger partial charge on any atom is -0.493 e. The zero-order valence-electron chi connectivity index (χ0n) is 19.1. The van der Waals surface area contributed by atoms with Crippen molar-refractivity contribution in [2.24, 2.45) is 0 Å². The van der Waals surface area contributed by atoms with Crippen molar-refractivity contribution in [2.75, 3.05) is 31.7 Å². The molecule has 0 fully saturated rings. The molecule has 2 aromatic rings. The molecule has 9 heteroatoms. The Morgan fingerprint density at radius 3 is 2.64 bits per heavy atom. The Kier molecular flexibility index (Phi) is 8.12. The molecule has 33 heavy (non-hydrogen) atoms. The van der Waals surface area contributed by atoms with Crippen LogP contribution < -0.4 is 29.7 Å². The zero-order chi connectivity index (χ0) is 23.8. The van der Waals surface area contributed by atoms with E-state index in [-0.39, 0.29) is 43.8 Å². The van der Waals surface area contributed by atoms with Gasteiger partial charge in [0.25, 0.3) is 11.8 Å². The summed E-state index contributed by atoms with van der Waals surface area (Å²) in [7, 11) is 1.51. The Bertz CT molecular complexity index is 1010. The van der Waals surface area contributed by atoms with E-state index < -0.39 is 6.10 Å². The predicted octanol–water partition coefficient (Wildman–Crippen LogP) is 2.03. The number of nitrogens with one attached hydrogen (secondary N) is 2. The molecular formula is C24H29N3O6. The van der Waals surface area contributed by atoms with Gasteiger partial charge in [-0.3, -0.25) is 14.4 Å². The first kappa shape index (κ1) is 23.9. The van der Waals surface area contributed by atoms with Crippen molar-refractivity contribution in [3.63, 3.8) is 0 Å². The molecule has 0 spiro atoms. The molecule has 176 valence electrons. The summed E-state index contributed by atoms with van der Waals surface area (Å²) >= 11 is 0. The van der Waals surface area contributed by atoms with Gasteiger partial charge in [-0.25, -0.2) is 0 Å². The number of nitrogens with zero attached hydrogens (tertiary/aromatic N) is 1. The van der Waals surface area contributed by atoms with Crippen LogP contribution in [0.3, 0.4) is 0 Å². The van der Waals surface area contributed by atoms with Crippen LogP contribution in [-0.2, 0) is 20.9 Å². The van der Waals surface area contributed by atoms with Crippen LogP contribution in [0.15, 0.2) is 42.5 Å². The highest BCUT2D eigenvalue weighted by molar-refractivity contribution is 6.00. The Hall–Kier alpha value is -3.75. The smallest absolute Gasteiger partial charge is 0.267 e. The maximum absolute atomic E-state index is 12.5. The number of carbonyl (C=O) groups excluding carboxylic acids is 3. The molecule has 0 aliphatic carbocycles. The van der Waals surface area contributed by atoms with Crippen LogP contribution in [-0.4, -0.2) is 50.6 Å². The Morgan fingerprint density at radius 1 is 1.09 bits per heavy atom. The van der Waals surface area contributed by atoms with E-state index in [1.807, 2.05) is 25.1 Å². The third kappa shape index (κ3) is 6.15. The van der Waals surface area contributed by atoms with Crippen LogP contribution in [0.2, 0.25) is 0 Å². The summed E-state index contributed by atoms with van der Waals surface area (Å²) in [5.41, 5.74) is 1.48. The molecule has 9 nitrogen and oxygen atoms in total. The van der Waals surface area contributed by atoms with E-state index >= 15 is 0 Å². The van der Waals surface area contributed by atoms with E-state index in [0.717, 1.165) is 5.56 Å². The van der Waals surface area contributed by atoms with Crippen molar-refractivity contribution < 1.29 is 28.6 Å². The lowest BCUT2D eigenvalue weighted by molar-refractivity contribution is -0.126. The number of para-hydroxylation sites is 2. The summed E-state index contributed by atoms with van der Waals surface area (Å²) in [6.45, 7) is 4.49. The first-order chi connectivity index (χ1) is 15.9. The summed E-state index contributed by atoms with van der Waals surface area (Å²) in [6.07, 6.45) is -0.443. The van der Waals surface area contributed by atoms with Crippen molar-refractivity contribution in [3.05, 3.63) is 48.0 Å². The average molecular weight is 456 g/mol. The summed E-state index contributed by atoms with van der Waals surface area (Å²) in [4.78, 5) is 38.1. The molecule has 0 saturated heterocycles. The third-order valence-corrected chi connectivity index (χ3v) is 5.09. The predicted molar refractivity (Wildman–Crippen MR) is 123 cm³/mol. The van der Waals surface area contributed by atoms with Gasteiger partial charge in [0.05, 0.1) is 12.8 Å². The van der Waals surface area contributed by atoms with Gasteiger partial charge in [0.2, 0.25) is 5.91 Å². The molecule has 0 bridgehead atoms. The van der Waals surface area contributed by atoms with E-state index in [0.29, 0.717) is 29.5 Å². The summed E-state index contributed by atoms with van der Waals surface area (Å²) in [5, 5.41) is 5.52. The van der Waals surface area contributed by atoms with E-state index in [4.69, 9.17) is 14.2 Å². The number of hydrogen-bond donors (Lipinski definition) is 2. The largest absolute Gasteiger partial charge is 0.493 e. The van der Waals surface area contributed by atoms with Crippen molar-refractivity contribution in [3.8, 4) is 17.2 Å². The molecular weight excluding hydrogens is 426 g/mol. The molecule has 0 saturated carbocycles. The number of methoxy groups -OCH3 is 1. The molecule has 3 rings (SSSR count). The highest BCUT2D eigenvalue weighted by Crippen LogP contribution is 2.33. The van der Waals surface area contributed by atoms with Crippen LogP contribution in [0, 0.1) is 0 Å².